The fourth-order valence-electron chi connectivity index (χ4n) is 2.57. The molecule has 140 valence electrons. The second-order valence-electron chi connectivity index (χ2n) is 5.75. The predicted molar refractivity (Wildman–Crippen MR) is 98.6 cm³/mol. The summed E-state index contributed by atoms with van der Waals surface area (Å²) in [5.41, 5.74) is 1.31. The van der Waals surface area contributed by atoms with Crippen LogP contribution in [0.5, 0.6) is 11.5 Å². The molecule has 0 spiro atoms. The number of hydrogen-bond acceptors (Lipinski definition) is 6. The maximum absolute atomic E-state index is 12.0. The van der Waals surface area contributed by atoms with Gasteiger partial charge in [-0.2, -0.15) is 5.01 Å². The monoisotopic (exact) mass is 388 g/mol. The van der Waals surface area contributed by atoms with Crippen LogP contribution < -0.4 is 9.47 Å². The van der Waals surface area contributed by atoms with Crippen LogP contribution in [0.4, 0.5) is 0 Å². The van der Waals surface area contributed by atoms with E-state index >= 15 is 0 Å². The Morgan fingerprint density at radius 2 is 1.81 bits per heavy atom. The van der Waals surface area contributed by atoms with Gasteiger partial charge in [-0.1, -0.05) is 11.6 Å². The number of benzene rings is 2. The zero-order valence-corrected chi connectivity index (χ0v) is 15.7. The fourth-order valence-corrected chi connectivity index (χ4v) is 2.70. The van der Waals surface area contributed by atoms with E-state index in [0.717, 1.165) is 0 Å². The van der Waals surface area contributed by atoms with Crippen molar-refractivity contribution >= 4 is 29.4 Å². The van der Waals surface area contributed by atoms with E-state index in [0.29, 0.717) is 27.8 Å². The summed E-state index contributed by atoms with van der Waals surface area (Å²) in [5, 5.41) is 6.11. The maximum atomic E-state index is 12.0. The molecular weight excluding hydrogens is 372 g/mol. The quantitative estimate of drug-likeness (QED) is 0.591. The molecule has 1 atom stereocenters. The van der Waals surface area contributed by atoms with Crippen molar-refractivity contribution in [3.05, 3.63) is 58.6 Å². The molecule has 0 bridgehead atoms. The second-order valence-corrected chi connectivity index (χ2v) is 6.19. The molecule has 2 aromatic rings. The maximum Gasteiger partial charge on any atom is 0.308 e. The summed E-state index contributed by atoms with van der Waals surface area (Å²) in [4.78, 5) is 23.2. The summed E-state index contributed by atoms with van der Waals surface area (Å²) in [5.74, 6) is 0.175. The molecule has 2 aromatic carbocycles. The lowest BCUT2D eigenvalue weighted by atomic mass is 10.1. The fraction of sp³-hybridized carbons (Fsp3) is 0.211. The summed E-state index contributed by atoms with van der Waals surface area (Å²) >= 11 is 5.91. The van der Waals surface area contributed by atoms with Gasteiger partial charge in [-0.15, -0.1) is 5.10 Å². The van der Waals surface area contributed by atoms with Crippen LogP contribution in [0.2, 0.25) is 5.02 Å². The third kappa shape index (κ3) is 4.03. The number of methoxy groups -OCH3 is 1. The first-order valence-electron chi connectivity index (χ1n) is 8.06. The Bertz CT molecular complexity index is 911. The Kier molecular flexibility index (Phi) is 5.32. The number of amides is 1. The Hall–Kier alpha value is -3.06. The molecule has 0 unspecified atom stereocenters. The van der Waals surface area contributed by atoms with Gasteiger partial charge in [0.25, 0.3) is 0 Å². The summed E-state index contributed by atoms with van der Waals surface area (Å²) in [7, 11) is 1.46. The number of hydrazone groups is 1. The van der Waals surface area contributed by atoms with Crippen LogP contribution in [0.1, 0.15) is 31.2 Å². The molecule has 1 amide bonds. The standard InChI is InChI=1S/C19H17ClN2O5/c1-11(23)22-19(27-18(21-22)13-4-7-15(20)8-5-13)14-6-9-16(26-12(2)24)17(10-14)25-3/h4-10,19H,1-3H3/t19-/m0/s1. The van der Waals surface area contributed by atoms with Crippen molar-refractivity contribution in [1.82, 2.24) is 5.01 Å². The molecule has 1 heterocycles. The van der Waals surface area contributed by atoms with Crippen molar-refractivity contribution in [2.24, 2.45) is 5.10 Å². The average molecular weight is 389 g/mol. The largest absolute Gasteiger partial charge is 0.493 e. The van der Waals surface area contributed by atoms with Gasteiger partial charge in [0.1, 0.15) is 0 Å². The van der Waals surface area contributed by atoms with Crippen molar-refractivity contribution in [2.45, 2.75) is 20.1 Å². The number of hydrogen-bond donors (Lipinski definition) is 0. The van der Waals surface area contributed by atoms with E-state index in [9.17, 15) is 9.59 Å². The Balaban J connectivity index is 1.93. The molecule has 1 aliphatic rings. The lowest BCUT2D eigenvalue weighted by Gasteiger charge is -2.20. The van der Waals surface area contributed by atoms with Crippen molar-refractivity contribution in [2.75, 3.05) is 7.11 Å². The van der Waals surface area contributed by atoms with Gasteiger partial charge in [0.2, 0.25) is 18.0 Å². The first-order chi connectivity index (χ1) is 12.9. The lowest BCUT2D eigenvalue weighted by molar-refractivity contribution is -0.135. The number of rotatable bonds is 4. The summed E-state index contributed by atoms with van der Waals surface area (Å²) in [6.07, 6.45) is -0.770. The highest BCUT2D eigenvalue weighted by Crippen LogP contribution is 2.36. The lowest BCUT2D eigenvalue weighted by Crippen LogP contribution is -2.25. The molecule has 1 aliphatic heterocycles. The molecular formula is C19H17ClN2O5. The normalized spacial score (nSPS) is 15.8. The van der Waals surface area contributed by atoms with Crippen LogP contribution in [0.3, 0.4) is 0 Å². The molecule has 0 radical (unpaired) electrons. The van der Waals surface area contributed by atoms with Crippen LogP contribution in [0.15, 0.2) is 47.6 Å². The molecule has 7 nitrogen and oxygen atoms in total. The van der Waals surface area contributed by atoms with E-state index in [-0.39, 0.29) is 11.7 Å². The van der Waals surface area contributed by atoms with Crippen molar-refractivity contribution in [3.8, 4) is 11.5 Å². The van der Waals surface area contributed by atoms with Crippen molar-refractivity contribution in [1.29, 1.82) is 0 Å². The summed E-state index contributed by atoms with van der Waals surface area (Å²) < 4.78 is 16.3. The third-order valence-electron chi connectivity index (χ3n) is 3.78. The number of carbonyl (C=O) groups is 2. The molecule has 0 aliphatic carbocycles. The summed E-state index contributed by atoms with van der Waals surface area (Å²) in [6.45, 7) is 2.70. The van der Waals surface area contributed by atoms with Crippen molar-refractivity contribution < 1.29 is 23.8 Å². The number of ether oxygens (including phenoxy) is 3. The van der Waals surface area contributed by atoms with Gasteiger partial charge in [-0.05, 0) is 42.5 Å². The Morgan fingerprint density at radius 1 is 1.11 bits per heavy atom. The molecule has 0 saturated heterocycles. The van der Waals surface area contributed by atoms with Gasteiger partial charge in [-0.3, -0.25) is 9.59 Å². The predicted octanol–water partition coefficient (Wildman–Crippen LogP) is 3.51. The van der Waals surface area contributed by atoms with Gasteiger partial charge in [-0.25, -0.2) is 0 Å². The second kappa shape index (κ2) is 7.67. The van der Waals surface area contributed by atoms with Crippen LogP contribution in [-0.4, -0.2) is 29.9 Å². The van der Waals surface area contributed by atoms with E-state index in [1.807, 2.05) is 0 Å². The number of carbonyl (C=O) groups excluding carboxylic acids is 2. The van der Waals surface area contributed by atoms with E-state index in [1.54, 1.807) is 42.5 Å². The Morgan fingerprint density at radius 3 is 2.41 bits per heavy atom. The SMILES string of the molecule is COc1cc([C@@H]2OC(c3ccc(Cl)cc3)=NN2C(C)=O)ccc1OC(C)=O. The molecule has 3 rings (SSSR count). The van der Waals surface area contributed by atoms with E-state index in [4.69, 9.17) is 25.8 Å². The molecule has 8 heteroatoms. The van der Waals surface area contributed by atoms with E-state index < -0.39 is 12.2 Å². The molecule has 0 aromatic heterocycles. The van der Waals surface area contributed by atoms with Crippen LogP contribution in [-0.2, 0) is 14.3 Å². The minimum Gasteiger partial charge on any atom is -0.493 e. The zero-order valence-electron chi connectivity index (χ0n) is 14.9. The highest BCUT2D eigenvalue weighted by atomic mass is 35.5. The summed E-state index contributed by atoms with van der Waals surface area (Å²) in [6, 6.07) is 11.8. The minimum absolute atomic E-state index is 0.278. The van der Waals surface area contributed by atoms with Gasteiger partial charge in [0.05, 0.1) is 7.11 Å². The molecule has 27 heavy (non-hydrogen) atoms. The number of esters is 1. The zero-order chi connectivity index (χ0) is 19.6. The molecule has 0 saturated carbocycles. The average Bonchev–Trinajstić information content (AvgIpc) is 3.08. The van der Waals surface area contributed by atoms with Gasteiger partial charge < -0.3 is 14.2 Å². The van der Waals surface area contributed by atoms with Crippen LogP contribution >= 0.6 is 11.6 Å². The van der Waals surface area contributed by atoms with E-state index in [1.165, 1.54) is 26.0 Å². The molecule has 0 fully saturated rings. The topological polar surface area (TPSA) is 77.4 Å². The third-order valence-corrected chi connectivity index (χ3v) is 4.04. The van der Waals surface area contributed by atoms with E-state index in [2.05, 4.69) is 5.10 Å². The minimum atomic E-state index is -0.770. The number of halogens is 1. The van der Waals surface area contributed by atoms with Crippen LogP contribution in [0, 0.1) is 0 Å². The highest BCUT2D eigenvalue weighted by Gasteiger charge is 2.33. The Labute approximate surface area is 161 Å². The highest BCUT2D eigenvalue weighted by molar-refractivity contribution is 6.30. The van der Waals surface area contributed by atoms with Gasteiger partial charge >= 0.3 is 5.97 Å². The molecule has 0 N–H and O–H groups in total. The van der Waals surface area contributed by atoms with Gasteiger partial charge in [0, 0.05) is 30.0 Å². The van der Waals surface area contributed by atoms with Gasteiger partial charge in [0.15, 0.2) is 11.5 Å². The first kappa shape index (κ1) is 18.7. The number of nitrogens with zero attached hydrogens (tertiary/aromatic N) is 2. The smallest absolute Gasteiger partial charge is 0.308 e. The first-order valence-corrected chi connectivity index (χ1v) is 8.44. The van der Waals surface area contributed by atoms with Crippen molar-refractivity contribution in [3.63, 3.8) is 0 Å². The van der Waals surface area contributed by atoms with Crippen LogP contribution in [0.25, 0.3) is 0 Å².